The lowest BCUT2D eigenvalue weighted by atomic mass is 10.1. The van der Waals surface area contributed by atoms with E-state index in [2.05, 4.69) is 9.97 Å². The monoisotopic (exact) mass is 218 g/mol. The molecule has 82 valence electrons. The number of pyridine rings is 1. The first-order valence-corrected chi connectivity index (χ1v) is 4.55. The summed E-state index contributed by atoms with van der Waals surface area (Å²) in [6.45, 7) is 0. The Labute approximate surface area is 91.4 Å². The zero-order valence-electron chi connectivity index (χ0n) is 8.58. The minimum Gasteiger partial charge on any atom is -0.478 e. The summed E-state index contributed by atoms with van der Waals surface area (Å²) in [7, 11) is 1.81. The van der Waals surface area contributed by atoms with E-state index in [4.69, 9.17) is 10.8 Å². The van der Waals surface area contributed by atoms with Crippen LogP contribution in [0.3, 0.4) is 0 Å². The van der Waals surface area contributed by atoms with Crippen LogP contribution in [0.5, 0.6) is 0 Å². The first kappa shape index (κ1) is 10.2. The standard InChI is InChI=1S/C10H10N4O2/c1-14-4-7(13-5-14)9-8(11)6(10(15)16)2-3-12-9/h2-5H,11H2,1H3,(H,15,16). The van der Waals surface area contributed by atoms with Gasteiger partial charge in [-0.1, -0.05) is 0 Å². The zero-order chi connectivity index (χ0) is 11.7. The average Bonchev–Trinajstić information content (AvgIpc) is 2.64. The van der Waals surface area contributed by atoms with E-state index in [0.717, 1.165) is 0 Å². The molecule has 0 radical (unpaired) electrons. The van der Waals surface area contributed by atoms with Gasteiger partial charge < -0.3 is 15.4 Å². The van der Waals surface area contributed by atoms with E-state index >= 15 is 0 Å². The number of aryl methyl sites for hydroxylation is 1. The molecule has 2 aromatic rings. The smallest absolute Gasteiger partial charge is 0.337 e. The van der Waals surface area contributed by atoms with Crippen molar-refractivity contribution in [1.29, 1.82) is 0 Å². The van der Waals surface area contributed by atoms with Crippen LogP contribution in [0.15, 0.2) is 24.8 Å². The second-order valence-electron chi connectivity index (χ2n) is 3.35. The Bertz CT molecular complexity index is 548. The number of nitrogens with two attached hydrogens (primary N) is 1. The van der Waals surface area contributed by atoms with Gasteiger partial charge in [0.15, 0.2) is 0 Å². The van der Waals surface area contributed by atoms with E-state index in [0.29, 0.717) is 11.4 Å². The average molecular weight is 218 g/mol. The number of anilines is 1. The third-order valence-corrected chi connectivity index (χ3v) is 2.17. The van der Waals surface area contributed by atoms with Crippen LogP contribution in [-0.2, 0) is 7.05 Å². The second-order valence-corrected chi connectivity index (χ2v) is 3.35. The number of nitrogen functional groups attached to an aromatic ring is 1. The van der Waals surface area contributed by atoms with Crippen LogP contribution in [0.4, 0.5) is 5.69 Å². The molecule has 2 aromatic heterocycles. The first-order valence-electron chi connectivity index (χ1n) is 4.55. The van der Waals surface area contributed by atoms with Gasteiger partial charge in [0.1, 0.15) is 11.4 Å². The van der Waals surface area contributed by atoms with Crippen LogP contribution >= 0.6 is 0 Å². The van der Waals surface area contributed by atoms with E-state index in [1.165, 1.54) is 12.3 Å². The summed E-state index contributed by atoms with van der Waals surface area (Å²) in [5.74, 6) is -1.07. The Morgan fingerprint density at radius 2 is 2.25 bits per heavy atom. The van der Waals surface area contributed by atoms with Gasteiger partial charge in [-0.2, -0.15) is 0 Å². The first-order chi connectivity index (χ1) is 7.59. The Morgan fingerprint density at radius 1 is 1.50 bits per heavy atom. The summed E-state index contributed by atoms with van der Waals surface area (Å²) in [5, 5.41) is 8.91. The van der Waals surface area contributed by atoms with E-state index in [1.54, 1.807) is 17.1 Å². The third-order valence-electron chi connectivity index (χ3n) is 2.17. The lowest BCUT2D eigenvalue weighted by Crippen LogP contribution is -2.05. The van der Waals surface area contributed by atoms with E-state index in [9.17, 15) is 4.79 Å². The van der Waals surface area contributed by atoms with Crippen molar-refractivity contribution >= 4 is 11.7 Å². The summed E-state index contributed by atoms with van der Waals surface area (Å²) in [6, 6.07) is 1.37. The highest BCUT2D eigenvalue weighted by molar-refractivity contribution is 5.96. The van der Waals surface area contributed by atoms with Gasteiger partial charge in [0.25, 0.3) is 0 Å². The number of rotatable bonds is 2. The fraction of sp³-hybridized carbons (Fsp3) is 0.100. The number of aromatic nitrogens is 3. The molecule has 0 aliphatic carbocycles. The summed E-state index contributed by atoms with van der Waals surface area (Å²) >= 11 is 0. The van der Waals surface area contributed by atoms with Crippen molar-refractivity contribution in [3.63, 3.8) is 0 Å². The lowest BCUT2D eigenvalue weighted by Gasteiger charge is -2.04. The lowest BCUT2D eigenvalue weighted by molar-refractivity contribution is 0.0698. The number of aromatic carboxylic acids is 1. The molecular formula is C10H10N4O2. The Hall–Kier alpha value is -2.37. The van der Waals surface area contributed by atoms with Crippen molar-refractivity contribution in [3.8, 4) is 11.4 Å². The summed E-state index contributed by atoms with van der Waals surface area (Å²) in [6.07, 6.45) is 4.73. The Balaban J connectivity index is 2.58. The number of nitrogens with zero attached hydrogens (tertiary/aromatic N) is 3. The summed E-state index contributed by atoms with van der Waals surface area (Å²) < 4.78 is 1.74. The minimum atomic E-state index is -1.07. The number of imidazole rings is 1. The highest BCUT2D eigenvalue weighted by atomic mass is 16.4. The summed E-state index contributed by atoms with van der Waals surface area (Å²) in [5.41, 5.74) is 6.85. The molecule has 6 nitrogen and oxygen atoms in total. The maximum atomic E-state index is 10.9. The molecule has 0 atom stereocenters. The maximum absolute atomic E-state index is 10.9. The molecule has 0 spiro atoms. The topological polar surface area (TPSA) is 94.0 Å². The van der Waals surface area contributed by atoms with Crippen LogP contribution in [-0.4, -0.2) is 25.6 Å². The Morgan fingerprint density at radius 3 is 2.81 bits per heavy atom. The van der Waals surface area contributed by atoms with Crippen LogP contribution in [0.2, 0.25) is 0 Å². The SMILES string of the molecule is Cn1cnc(-c2nccc(C(=O)O)c2N)c1. The van der Waals surface area contributed by atoms with Gasteiger partial charge in [0, 0.05) is 19.4 Å². The van der Waals surface area contributed by atoms with Gasteiger partial charge in [0.2, 0.25) is 0 Å². The van der Waals surface area contributed by atoms with Crippen molar-refractivity contribution in [2.45, 2.75) is 0 Å². The number of carboxylic acid groups (broad SMARTS) is 1. The largest absolute Gasteiger partial charge is 0.478 e. The normalized spacial score (nSPS) is 10.3. The molecule has 0 bridgehead atoms. The van der Waals surface area contributed by atoms with Gasteiger partial charge in [-0.3, -0.25) is 4.98 Å². The van der Waals surface area contributed by atoms with Crippen LogP contribution in [0.25, 0.3) is 11.4 Å². The second kappa shape index (κ2) is 3.65. The molecule has 3 N–H and O–H groups in total. The molecule has 0 amide bonds. The number of hydrogen-bond donors (Lipinski definition) is 2. The third kappa shape index (κ3) is 1.60. The minimum absolute atomic E-state index is 0.0376. The van der Waals surface area contributed by atoms with Crippen molar-refractivity contribution in [2.75, 3.05) is 5.73 Å². The molecule has 0 aromatic carbocycles. The van der Waals surface area contributed by atoms with Crippen molar-refractivity contribution in [3.05, 3.63) is 30.4 Å². The molecule has 0 aliphatic heterocycles. The predicted molar refractivity (Wildman–Crippen MR) is 57.8 cm³/mol. The predicted octanol–water partition coefficient (Wildman–Crippen LogP) is 0.762. The molecule has 16 heavy (non-hydrogen) atoms. The molecule has 6 heteroatoms. The van der Waals surface area contributed by atoms with Gasteiger partial charge in [-0.25, -0.2) is 9.78 Å². The molecule has 0 saturated carbocycles. The van der Waals surface area contributed by atoms with Gasteiger partial charge in [0.05, 0.1) is 17.6 Å². The van der Waals surface area contributed by atoms with Crippen molar-refractivity contribution in [1.82, 2.24) is 14.5 Å². The van der Waals surface area contributed by atoms with Crippen LogP contribution in [0, 0.1) is 0 Å². The van der Waals surface area contributed by atoms with Gasteiger partial charge in [-0.05, 0) is 6.07 Å². The van der Waals surface area contributed by atoms with E-state index in [-0.39, 0.29) is 11.3 Å². The van der Waals surface area contributed by atoms with Gasteiger partial charge >= 0.3 is 5.97 Å². The van der Waals surface area contributed by atoms with E-state index < -0.39 is 5.97 Å². The fourth-order valence-electron chi connectivity index (χ4n) is 1.40. The highest BCUT2D eigenvalue weighted by Gasteiger charge is 2.14. The summed E-state index contributed by atoms with van der Waals surface area (Å²) in [4.78, 5) is 19.0. The molecular weight excluding hydrogens is 208 g/mol. The highest BCUT2D eigenvalue weighted by Crippen LogP contribution is 2.24. The molecule has 2 rings (SSSR count). The zero-order valence-corrected chi connectivity index (χ0v) is 8.58. The van der Waals surface area contributed by atoms with Crippen molar-refractivity contribution < 1.29 is 9.90 Å². The number of hydrogen-bond acceptors (Lipinski definition) is 4. The maximum Gasteiger partial charge on any atom is 0.337 e. The van der Waals surface area contributed by atoms with Gasteiger partial charge in [-0.15, -0.1) is 0 Å². The molecule has 0 aliphatic rings. The molecule has 0 saturated heterocycles. The number of carbonyl (C=O) groups is 1. The van der Waals surface area contributed by atoms with Crippen LogP contribution < -0.4 is 5.73 Å². The quantitative estimate of drug-likeness (QED) is 0.776. The van der Waals surface area contributed by atoms with Crippen molar-refractivity contribution in [2.24, 2.45) is 7.05 Å². The molecule has 0 fully saturated rings. The Kier molecular flexibility index (Phi) is 2.32. The molecule has 0 unspecified atom stereocenters. The van der Waals surface area contributed by atoms with Crippen LogP contribution in [0.1, 0.15) is 10.4 Å². The molecule has 2 heterocycles. The fourth-order valence-corrected chi connectivity index (χ4v) is 1.40. The van der Waals surface area contributed by atoms with E-state index in [1.807, 2.05) is 7.05 Å². The number of carboxylic acids is 1.